The SMILES string of the molecule is CC(c1ncon1)n1c(C#CC2(O)CCN(C(=O)/C=C/CN(C)C)CC2)c(-c2ccc(Oc3ccccc3)cc2)c2c(N)ncnc21. The molecule has 240 valence electrons. The second-order valence-corrected chi connectivity index (χ2v) is 11.7. The normalized spacial score (nSPS) is 15.1. The number of carbonyl (C=O) groups excluding carboxylic acids is 1. The Morgan fingerprint density at radius 1 is 1.11 bits per heavy atom. The van der Waals surface area contributed by atoms with Gasteiger partial charge in [0.25, 0.3) is 0 Å². The summed E-state index contributed by atoms with van der Waals surface area (Å²) in [6.45, 7) is 3.35. The number of nitrogens with zero attached hydrogens (tertiary/aromatic N) is 7. The number of hydrogen-bond acceptors (Lipinski definition) is 10. The van der Waals surface area contributed by atoms with Gasteiger partial charge in [-0.25, -0.2) is 9.97 Å². The molecule has 0 bridgehead atoms. The van der Waals surface area contributed by atoms with Crippen LogP contribution in [0.5, 0.6) is 11.5 Å². The van der Waals surface area contributed by atoms with E-state index in [1.54, 1.807) is 11.0 Å². The molecule has 12 heteroatoms. The molecule has 3 N–H and O–H groups in total. The Kier molecular flexibility index (Phi) is 9.01. The first kappa shape index (κ1) is 31.5. The largest absolute Gasteiger partial charge is 0.457 e. The van der Waals surface area contributed by atoms with Crippen molar-refractivity contribution in [2.45, 2.75) is 31.4 Å². The van der Waals surface area contributed by atoms with Crippen LogP contribution in [-0.4, -0.2) is 84.8 Å². The van der Waals surface area contributed by atoms with Crippen molar-refractivity contribution < 1.29 is 19.2 Å². The fourth-order valence-electron chi connectivity index (χ4n) is 5.60. The fourth-order valence-corrected chi connectivity index (χ4v) is 5.60. The highest BCUT2D eigenvalue weighted by molar-refractivity contribution is 6.03. The molecule has 0 radical (unpaired) electrons. The van der Waals surface area contributed by atoms with Crippen LogP contribution in [0.1, 0.15) is 37.3 Å². The van der Waals surface area contributed by atoms with Gasteiger partial charge in [0.1, 0.15) is 40.6 Å². The maximum absolute atomic E-state index is 12.7. The van der Waals surface area contributed by atoms with Gasteiger partial charge in [-0.2, -0.15) is 4.98 Å². The minimum atomic E-state index is -1.32. The van der Waals surface area contributed by atoms with Gasteiger partial charge in [-0.15, -0.1) is 0 Å². The minimum Gasteiger partial charge on any atom is -0.457 e. The zero-order valence-electron chi connectivity index (χ0n) is 26.5. The predicted octanol–water partition coefficient (Wildman–Crippen LogP) is 4.29. The predicted molar refractivity (Wildman–Crippen MR) is 177 cm³/mol. The van der Waals surface area contributed by atoms with E-state index in [0.29, 0.717) is 66.3 Å². The van der Waals surface area contributed by atoms with Crippen molar-refractivity contribution in [3.8, 4) is 34.5 Å². The Morgan fingerprint density at radius 3 is 2.51 bits per heavy atom. The van der Waals surface area contributed by atoms with Crippen molar-refractivity contribution in [1.29, 1.82) is 0 Å². The summed E-state index contributed by atoms with van der Waals surface area (Å²) in [5.41, 5.74) is 7.79. The maximum atomic E-state index is 12.7. The molecular formula is C35H36N8O4. The second kappa shape index (κ2) is 13.5. The van der Waals surface area contributed by atoms with E-state index in [-0.39, 0.29) is 11.7 Å². The lowest BCUT2D eigenvalue weighted by Gasteiger charge is -2.34. The number of para-hydroxylation sites is 1. The average Bonchev–Trinajstić information content (AvgIpc) is 3.72. The fraction of sp³-hybridized carbons (Fsp3) is 0.286. The van der Waals surface area contributed by atoms with Crippen LogP contribution in [0.3, 0.4) is 0 Å². The van der Waals surface area contributed by atoms with Crippen molar-refractivity contribution in [2.24, 2.45) is 0 Å². The van der Waals surface area contributed by atoms with Crippen molar-refractivity contribution in [2.75, 3.05) is 39.5 Å². The Hall–Kier alpha value is -5.51. The number of likely N-dealkylation sites (tertiary alicyclic amines) is 1. The summed E-state index contributed by atoms with van der Waals surface area (Å²) in [5.74, 6) is 8.46. The number of ether oxygens (including phenoxy) is 1. The third-order valence-electron chi connectivity index (χ3n) is 8.12. The van der Waals surface area contributed by atoms with E-state index in [4.69, 9.17) is 15.0 Å². The lowest BCUT2D eigenvalue weighted by molar-refractivity contribution is -0.128. The summed E-state index contributed by atoms with van der Waals surface area (Å²) in [7, 11) is 3.89. The highest BCUT2D eigenvalue weighted by atomic mass is 16.5. The molecular weight excluding hydrogens is 596 g/mol. The Balaban J connectivity index is 1.39. The molecule has 1 atom stereocenters. The molecule has 0 aliphatic carbocycles. The van der Waals surface area contributed by atoms with E-state index in [1.165, 1.54) is 12.7 Å². The lowest BCUT2D eigenvalue weighted by atomic mass is 9.91. The molecule has 2 aromatic carbocycles. The zero-order chi connectivity index (χ0) is 33.0. The third kappa shape index (κ3) is 6.86. The summed E-state index contributed by atoms with van der Waals surface area (Å²) >= 11 is 0. The number of piperidine rings is 1. The van der Waals surface area contributed by atoms with Gasteiger partial charge in [-0.3, -0.25) is 4.79 Å². The smallest absolute Gasteiger partial charge is 0.246 e. The molecule has 6 rings (SSSR count). The standard InChI is InChI=1S/C35H36N8O4/c1-24(33-39-23-46-40-33)43-28(15-16-35(45)17-20-42(21-18-35)29(44)10-7-19-41(2)3)30(31-32(36)37-22-38-34(31)43)25-11-13-27(14-12-25)47-26-8-5-4-6-9-26/h4-14,22-24,45H,17-21H2,1-3H3,(H2,36,37,38)/b10-7+. The van der Waals surface area contributed by atoms with Crippen molar-refractivity contribution in [3.63, 3.8) is 0 Å². The van der Waals surface area contributed by atoms with Crippen LogP contribution in [0.4, 0.5) is 5.82 Å². The number of aromatic nitrogens is 5. The highest BCUT2D eigenvalue weighted by Crippen LogP contribution is 2.40. The van der Waals surface area contributed by atoms with Gasteiger partial charge in [0, 0.05) is 44.1 Å². The number of anilines is 1. The number of nitrogen functional groups attached to an aromatic ring is 1. The Morgan fingerprint density at radius 2 is 1.83 bits per heavy atom. The van der Waals surface area contributed by atoms with Crippen molar-refractivity contribution in [1.82, 2.24) is 34.5 Å². The molecule has 1 aliphatic heterocycles. The number of fused-ring (bicyclic) bond motifs is 1. The Bertz CT molecular complexity index is 1930. The van der Waals surface area contributed by atoms with E-state index in [9.17, 15) is 9.90 Å². The van der Waals surface area contributed by atoms with Crippen LogP contribution in [0.2, 0.25) is 0 Å². The van der Waals surface area contributed by atoms with Gasteiger partial charge in [-0.1, -0.05) is 47.5 Å². The number of likely N-dealkylation sites (N-methyl/N-ethyl adjacent to an activating group) is 1. The lowest BCUT2D eigenvalue weighted by Crippen LogP contribution is -2.45. The number of hydrogen-bond donors (Lipinski definition) is 2. The Labute approximate surface area is 272 Å². The van der Waals surface area contributed by atoms with Crippen LogP contribution in [0.15, 0.2) is 84.0 Å². The number of amides is 1. The molecule has 1 aliphatic rings. The summed E-state index contributed by atoms with van der Waals surface area (Å²) in [6.07, 6.45) is 6.70. The number of carbonyl (C=O) groups is 1. The highest BCUT2D eigenvalue weighted by Gasteiger charge is 2.33. The number of nitrogens with two attached hydrogens (primary N) is 1. The number of rotatable bonds is 8. The quantitative estimate of drug-likeness (QED) is 0.187. The molecule has 12 nitrogen and oxygen atoms in total. The summed E-state index contributed by atoms with van der Waals surface area (Å²) in [5, 5.41) is 16.3. The van der Waals surface area contributed by atoms with Crippen LogP contribution in [0, 0.1) is 11.8 Å². The van der Waals surface area contributed by atoms with E-state index >= 15 is 0 Å². The summed E-state index contributed by atoms with van der Waals surface area (Å²) < 4.78 is 13.0. The number of aliphatic hydroxyl groups is 1. The van der Waals surface area contributed by atoms with Gasteiger partial charge in [0.05, 0.1) is 11.4 Å². The number of benzene rings is 2. The molecule has 0 saturated carbocycles. The molecule has 1 fully saturated rings. The molecule has 5 aromatic rings. The minimum absolute atomic E-state index is 0.0769. The van der Waals surface area contributed by atoms with Crippen molar-refractivity contribution >= 4 is 22.8 Å². The van der Waals surface area contributed by atoms with Crippen LogP contribution < -0.4 is 10.5 Å². The molecule has 0 spiro atoms. The molecule has 1 amide bonds. The molecule has 1 saturated heterocycles. The van der Waals surface area contributed by atoms with E-state index in [0.717, 1.165) is 11.3 Å². The van der Waals surface area contributed by atoms with E-state index in [1.807, 2.05) is 91.2 Å². The van der Waals surface area contributed by atoms with Crippen molar-refractivity contribution in [3.05, 3.63) is 91.0 Å². The molecule has 47 heavy (non-hydrogen) atoms. The van der Waals surface area contributed by atoms with Gasteiger partial charge in [0.2, 0.25) is 12.3 Å². The summed E-state index contributed by atoms with van der Waals surface area (Å²) in [6, 6.07) is 16.7. The first-order chi connectivity index (χ1) is 22.7. The molecule has 3 aromatic heterocycles. The van der Waals surface area contributed by atoms with Gasteiger partial charge < -0.3 is 34.5 Å². The van der Waals surface area contributed by atoms with Gasteiger partial charge >= 0.3 is 0 Å². The van der Waals surface area contributed by atoms with Gasteiger partial charge in [-0.05, 0) is 56.8 Å². The first-order valence-corrected chi connectivity index (χ1v) is 15.3. The second-order valence-electron chi connectivity index (χ2n) is 11.7. The maximum Gasteiger partial charge on any atom is 0.246 e. The third-order valence-corrected chi connectivity index (χ3v) is 8.12. The average molecular weight is 633 g/mol. The monoisotopic (exact) mass is 632 g/mol. The topological polar surface area (TPSA) is 149 Å². The van der Waals surface area contributed by atoms with E-state index < -0.39 is 11.6 Å². The van der Waals surface area contributed by atoms with Gasteiger partial charge in [0.15, 0.2) is 5.82 Å². The molecule has 1 unspecified atom stereocenters. The van der Waals surface area contributed by atoms with Crippen LogP contribution in [0.25, 0.3) is 22.2 Å². The van der Waals surface area contributed by atoms with E-state index in [2.05, 4.69) is 31.9 Å². The zero-order valence-corrected chi connectivity index (χ0v) is 26.5. The van der Waals surface area contributed by atoms with Crippen LogP contribution >= 0.6 is 0 Å². The first-order valence-electron chi connectivity index (χ1n) is 15.3. The van der Waals surface area contributed by atoms with Crippen LogP contribution in [-0.2, 0) is 4.79 Å². The molecule has 4 heterocycles. The summed E-state index contributed by atoms with van der Waals surface area (Å²) in [4.78, 5) is 29.6.